The predicted molar refractivity (Wildman–Crippen MR) is 69.7 cm³/mol. The van der Waals surface area contributed by atoms with Gasteiger partial charge >= 0.3 is 0 Å². The van der Waals surface area contributed by atoms with Gasteiger partial charge < -0.3 is 15.6 Å². The number of hydrogen-bond donors (Lipinski definition) is 2. The van der Waals surface area contributed by atoms with Gasteiger partial charge in [0.05, 0.1) is 16.7 Å². The lowest BCUT2D eigenvalue weighted by molar-refractivity contribution is -0.384. The van der Waals surface area contributed by atoms with Crippen molar-refractivity contribution in [1.29, 1.82) is 0 Å². The summed E-state index contributed by atoms with van der Waals surface area (Å²) in [5.41, 5.74) is 5.48. The number of rotatable bonds is 5. The van der Waals surface area contributed by atoms with Crippen molar-refractivity contribution >= 4 is 11.6 Å². The molecule has 0 spiro atoms. The molecule has 7 nitrogen and oxygen atoms in total. The quantitative estimate of drug-likeness (QED) is 0.607. The number of nitrogens with one attached hydrogen (secondary N) is 1. The third kappa shape index (κ3) is 2.60. The van der Waals surface area contributed by atoms with Gasteiger partial charge in [0.15, 0.2) is 0 Å². The van der Waals surface area contributed by atoms with Gasteiger partial charge in [-0.2, -0.15) is 0 Å². The first-order valence-corrected chi connectivity index (χ1v) is 6.20. The van der Waals surface area contributed by atoms with Crippen molar-refractivity contribution in [1.82, 2.24) is 9.88 Å². The molecule has 1 aliphatic carbocycles. The molecule has 1 fully saturated rings. The van der Waals surface area contributed by atoms with Crippen LogP contribution in [0.5, 0.6) is 0 Å². The zero-order chi connectivity index (χ0) is 14.2. The number of amides is 1. The van der Waals surface area contributed by atoms with Crippen LogP contribution in [-0.4, -0.2) is 27.5 Å². The zero-order valence-corrected chi connectivity index (χ0v) is 11.0. The fourth-order valence-corrected chi connectivity index (χ4v) is 2.24. The highest BCUT2D eigenvalue weighted by Gasteiger charge is 2.42. The Morgan fingerprint density at radius 3 is 2.74 bits per heavy atom. The third-order valence-electron chi connectivity index (χ3n) is 3.74. The van der Waals surface area contributed by atoms with Crippen LogP contribution in [0.1, 0.15) is 30.3 Å². The first-order chi connectivity index (χ1) is 8.87. The summed E-state index contributed by atoms with van der Waals surface area (Å²) in [6.07, 6.45) is 3.44. The van der Waals surface area contributed by atoms with Crippen LogP contribution >= 0.6 is 0 Å². The van der Waals surface area contributed by atoms with Crippen LogP contribution in [0.2, 0.25) is 0 Å². The minimum Gasteiger partial charge on any atom is -0.344 e. The maximum Gasteiger partial charge on any atom is 0.287 e. The Hall–Kier alpha value is -1.89. The third-order valence-corrected chi connectivity index (χ3v) is 3.74. The molecule has 0 radical (unpaired) electrons. The Labute approximate surface area is 110 Å². The smallest absolute Gasteiger partial charge is 0.287 e. The molecular weight excluding hydrogens is 248 g/mol. The predicted octanol–water partition coefficient (Wildman–Crippen LogP) is 0.790. The molecule has 0 aliphatic heterocycles. The molecule has 104 valence electrons. The summed E-state index contributed by atoms with van der Waals surface area (Å²) >= 11 is 0. The van der Waals surface area contributed by atoms with Crippen LogP contribution in [-0.2, 0) is 7.05 Å². The second-order valence-corrected chi connectivity index (χ2v) is 5.30. The van der Waals surface area contributed by atoms with Crippen LogP contribution in [0.4, 0.5) is 5.69 Å². The highest BCUT2D eigenvalue weighted by Crippen LogP contribution is 2.39. The summed E-state index contributed by atoms with van der Waals surface area (Å²) < 4.78 is 1.46. The molecule has 1 aromatic heterocycles. The Morgan fingerprint density at radius 2 is 2.32 bits per heavy atom. The standard InChI is InChI=1S/C12H18N4O3/c1-12(7-13,8-3-4-8)14-11(17)10-5-9(16(18)19)6-15(10)2/h5-6,8H,3-4,7,13H2,1-2H3,(H,14,17). The number of nitrogens with two attached hydrogens (primary N) is 1. The van der Waals surface area contributed by atoms with Crippen molar-refractivity contribution in [2.45, 2.75) is 25.3 Å². The molecule has 1 amide bonds. The van der Waals surface area contributed by atoms with Gasteiger partial charge in [-0.15, -0.1) is 0 Å². The van der Waals surface area contributed by atoms with E-state index in [9.17, 15) is 14.9 Å². The van der Waals surface area contributed by atoms with E-state index in [0.29, 0.717) is 12.5 Å². The molecule has 0 aromatic carbocycles. The highest BCUT2D eigenvalue weighted by molar-refractivity contribution is 5.94. The van der Waals surface area contributed by atoms with E-state index >= 15 is 0 Å². The summed E-state index contributed by atoms with van der Waals surface area (Å²) in [7, 11) is 1.61. The highest BCUT2D eigenvalue weighted by atomic mass is 16.6. The second kappa shape index (κ2) is 4.65. The number of carbonyl (C=O) groups is 1. The lowest BCUT2D eigenvalue weighted by Crippen LogP contribution is -2.53. The van der Waals surface area contributed by atoms with Crippen LogP contribution in [0.25, 0.3) is 0 Å². The van der Waals surface area contributed by atoms with Crippen molar-refractivity contribution < 1.29 is 9.72 Å². The van der Waals surface area contributed by atoms with E-state index in [1.165, 1.54) is 16.8 Å². The minimum absolute atomic E-state index is 0.0893. The number of nitro groups is 1. The summed E-state index contributed by atoms with van der Waals surface area (Å²) in [4.78, 5) is 22.4. The van der Waals surface area contributed by atoms with Gasteiger partial charge in [0.25, 0.3) is 11.6 Å². The average Bonchev–Trinajstić information content (AvgIpc) is 3.12. The van der Waals surface area contributed by atoms with E-state index in [1.807, 2.05) is 6.92 Å². The van der Waals surface area contributed by atoms with Crippen molar-refractivity contribution in [3.05, 3.63) is 28.1 Å². The maximum absolute atomic E-state index is 12.2. The van der Waals surface area contributed by atoms with Gasteiger partial charge in [-0.05, 0) is 25.7 Å². The topological polar surface area (TPSA) is 103 Å². The summed E-state index contributed by atoms with van der Waals surface area (Å²) in [6, 6.07) is 1.28. The largest absolute Gasteiger partial charge is 0.344 e. The molecule has 1 aromatic rings. The molecular formula is C12H18N4O3. The zero-order valence-electron chi connectivity index (χ0n) is 11.0. The monoisotopic (exact) mass is 266 g/mol. The van der Waals surface area contributed by atoms with E-state index in [4.69, 9.17) is 5.73 Å². The fourth-order valence-electron chi connectivity index (χ4n) is 2.24. The molecule has 1 saturated carbocycles. The molecule has 1 aliphatic rings. The number of nitrogens with zero attached hydrogens (tertiary/aromatic N) is 2. The Morgan fingerprint density at radius 1 is 1.68 bits per heavy atom. The van der Waals surface area contributed by atoms with Gasteiger partial charge in [-0.3, -0.25) is 14.9 Å². The van der Waals surface area contributed by atoms with Gasteiger partial charge in [0.1, 0.15) is 5.69 Å². The number of carbonyl (C=O) groups excluding carboxylic acids is 1. The van der Waals surface area contributed by atoms with Gasteiger partial charge in [-0.1, -0.05) is 0 Å². The maximum atomic E-state index is 12.2. The van der Waals surface area contributed by atoms with Gasteiger partial charge in [-0.25, -0.2) is 0 Å². The normalized spacial score (nSPS) is 17.8. The Balaban J connectivity index is 2.17. The molecule has 0 saturated heterocycles. The first-order valence-electron chi connectivity index (χ1n) is 6.20. The molecule has 0 bridgehead atoms. The SMILES string of the molecule is Cn1cc([N+](=O)[O-])cc1C(=O)NC(C)(CN)C1CC1. The van der Waals surface area contributed by atoms with E-state index in [2.05, 4.69) is 5.32 Å². The van der Waals surface area contributed by atoms with Crippen molar-refractivity contribution in [3.8, 4) is 0 Å². The minimum atomic E-state index is -0.514. The fraction of sp³-hybridized carbons (Fsp3) is 0.583. The summed E-state index contributed by atoms with van der Waals surface area (Å²) in [5, 5.41) is 13.6. The van der Waals surface area contributed by atoms with Crippen molar-refractivity contribution in [3.63, 3.8) is 0 Å². The van der Waals surface area contributed by atoms with Crippen molar-refractivity contribution in [2.24, 2.45) is 18.7 Å². The Bertz CT molecular complexity index is 521. The molecule has 7 heteroatoms. The lowest BCUT2D eigenvalue weighted by Gasteiger charge is -2.29. The molecule has 2 rings (SSSR count). The second-order valence-electron chi connectivity index (χ2n) is 5.30. The van der Waals surface area contributed by atoms with E-state index in [0.717, 1.165) is 12.8 Å². The van der Waals surface area contributed by atoms with Crippen LogP contribution in [0.15, 0.2) is 12.3 Å². The lowest BCUT2D eigenvalue weighted by atomic mass is 9.96. The average molecular weight is 266 g/mol. The van der Waals surface area contributed by atoms with Crippen molar-refractivity contribution in [2.75, 3.05) is 6.54 Å². The molecule has 1 unspecified atom stereocenters. The summed E-state index contributed by atoms with van der Waals surface area (Å²) in [6.45, 7) is 2.27. The molecule has 19 heavy (non-hydrogen) atoms. The summed E-state index contributed by atoms with van der Waals surface area (Å²) in [5.74, 6) is 0.0761. The van der Waals surface area contributed by atoms with Crippen LogP contribution in [0.3, 0.4) is 0 Å². The number of aryl methyl sites for hydroxylation is 1. The van der Waals surface area contributed by atoms with Crippen LogP contribution in [0, 0.1) is 16.0 Å². The molecule has 1 atom stereocenters. The Kier molecular flexibility index (Phi) is 3.32. The number of aromatic nitrogens is 1. The van der Waals surface area contributed by atoms with Gasteiger partial charge in [0, 0.05) is 19.7 Å². The molecule has 3 N–H and O–H groups in total. The molecule has 1 heterocycles. The van der Waals surface area contributed by atoms with E-state index < -0.39 is 10.5 Å². The first kappa shape index (κ1) is 13.5. The van der Waals surface area contributed by atoms with Gasteiger partial charge in [0.2, 0.25) is 0 Å². The van der Waals surface area contributed by atoms with E-state index in [-0.39, 0.29) is 17.3 Å². The van der Waals surface area contributed by atoms with E-state index in [1.54, 1.807) is 7.05 Å². The van der Waals surface area contributed by atoms with Crippen LogP contribution < -0.4 is 11.1 Å². The number of hydrogen-bond acceptors (Lipinski definition) is 4.